The Kier molecular flexibility index (Phi) is 23.7. The van der Waals surface area contributed by atoms with Crippen molar-refractivity contribution in [3.8, 4) is 67.5 Å². The minimum atomic E-state index is -0.400. The lowest BCUT2D eigenvalue weighted by Crippen LogP contribution is -2.20. The van der Waals surface area contributed by atoms with Gasteiger partial charge in [-0.25, -0.2) is 9.97 Å². The van der Waals surface area contributed by atoms with Crippen LogP contribution in [0.5, 0.6) is 23.0 Å². The number of amides is 4. The van der Waals surface area contributed by atoms with Crippen LogP contribution < -0.4 is 61.5 Å². The minimum absolute atomic E-state index is 0.374. The van der Waals surface area contributed by atoms with Gasteiger partial charge in [-0.15, -0.1) is 0 Å². The molecule has 0 saturated carbocycles. The number of anilines is 12. The number of rotatable bonds is 28. The number of hydrogen-bond acceptors (Lipinski definition) is 14. The molecule has 20 nitrogen and oxygen atoms in total. The molecule has 0 aliphatic carbocycles. The smallest absolute Gasteiger partial charge is 0.262 e. The fraction of sp³-hybridized carbons (Fsp3) is 0.0345. The molecule has 20 heteroatoms. The van der Waals surface area contributed by atoms with E-state index in [0.29, 0.717) is 135 Å². The van der Waals surface area contributed by atoms with Crippen molar-refractivity contribution >= 4 is 181 Å². The Hall–Kier alpha value is -18.6. The van der Waals surface area contributed by atoms with Gasteiger partial charge in [0.15, 0.2) is 26.4 Å². The van der Waals surface area contributed by atoms with Crippen LogP contribution in [-0.4, -0.2) is 70.0 Å². The number of hydrogen-bond donors (Lipinski definition) is 10. The lowest BCUT2D eigenvalue weighted by atomic mass is 9.95. The Morgan fingerprint density at radius 3 is 0.610 bits per heavy atom. The first-order valence-electron chi connectivity index (χ1n) is 44.6. The van der Waals surface area contributed by atoms with Crippen LogP contribution in [0.2, 0.25) is 0 Å². The Labute approximate surface area is 782 Å². The zero-order valence-electron chi connectivity index (χ0n) is 73.2. The lowest BCUT2D eigenvalue weighted by Gasteiger charge is -2.17. The van der Waals surface area contributed by atoms with E-state index in [1.165, 1.54) is 0 Å². The molecule has 0 radical (unpaired) electrons. The summed E-state index contributed by atoms with van der Waals surface area (Å²) < 4.78 is 27.8. The maximum absolute atomic E-state index is 14.6. The second-order valence-corrected chi connectivity index (χ2v) is 32.8. The van der Waals surface area contributed by atoms with Crippen LogP contribution >= 0.6 is 0 Å². The van der Waals surface area contributed by atoms with Crippen LogP contribution in [-0.2, 0) is 19.2 Å². The monoisotopic (exact) mass is 1770 g/mol. The number of H-pyrrole nitrogens is 2. The molecule has 658 valence electrons. The Morgan fingerprint density at radius 1 is 0.199 bits per heavy atom. The predicted molar refractivity (Wildman–Crippen MR) is 552 cm³/mol. The molecule has 8 bridgehead atoms. The number of aromatic nitrogens is 4. The van der Waals surface area contributed by atoms with Gasteiger partial charge >= 0.3 is 0 Å². The fourth-order valence-electron chi connectivity index (χ4n) is 17.4. The first-order valence-corrected chi connectivity index (χ1v) is 44.6. The summed E-state index contributed by atoms with van der Waals surface area (Å²) in [5, 5.41) is 32.6. The van der Waals surface area contributed by atoms with E-state index < -0.39 is 23.6 Å². The van der Waals surface area contributed by atoms with Crippen molar-refractivity contribution in [2.75, 3.05) is 69.0 Å². The number of fused-ring (bicyclic) bond motifs is 12. The minimum Gasteiger partial charge on any atom is -0.483 e. The van der Waals surface area contributed by atoms with Gasteiger partial charge in [-0.1, -0.05) is 194 Å². The summed E-state index contributed by atoms with van der Waals surface area (Å²) in [6, 6.07) is 125. The van der Waals surface area contributed by atoms with E-state index in [1.54, 1.807) is 0 Å². The zero-order valence-corrected chi connectivity index (χ0v) is 73.2. The molecule has 3 aromatic heterocycles. The van der Waals surface area contributed by atoms with Gasteiger partial charge < -0.3 is 71.4 Å². The molecule has 5 heterocycles. The largest absolute Gasteiger partial charge is 0.483 e. The van der Waals surface area contributed by atoms with E-state index in [4.69, 9.17) is 28.9 Å². The van der Waals surface area contributed by atoms with E-state index in [1.807, 2.05) is 413 Å². The standard InChI is InChI=1S/C116H86N12O8/c129-105(121-85-49-41-81(42-50-85)117-77-25-5-1-6-26-77)69-133-101-65-37-73-21-13-17-33-89(73)109(101)113-93-57-59-95(125-93)114(110-90-34-18-14-22-74(90)38-66-102(110)134-70-106(130)122-86-51-43-82(44-52-86)118-78-27-7-2-8-28-78)97-61-63-99(127-97)116(112-92-36-20-16-24-76(92)40-68-104(112)136-72-108(132)124-88-55-47-84(48-56-88)120-80-31-11-4-12-32-80)100-64-62-98(128-100)115(96-60-58-94(113)126-96)111-91-35-19-15-23-75(91)39-67-103(111)135-71-107(131)123-87-53-45-83(46-54-87)119-79-29-9-3-10-30-79/h1-68,117-120,125,128H,69-72H2,(H,121,129)(H,122,130)(H,123,131)(H,124,132). The third-order valence-electron chi connectivity index (χ3n) is 23.7. The molecule has 19 aromatic rings. The molecule has 21 rings (SSSR count). The Balaban J connectivity index is 0.764. The molecule has 2 aliphatic heterocycles. The summed E-state index contributed by atoms with van der Waals surface area (Å²) in [6.45, 7) is -1.56. The van der Waals surface area contributed by atoms with Gasteiger partial charge in [0.1, 0.15) is 23.0 Å². The molecule has 0 unspecified atom stereocenters. The summed E-state index contributed by atoms with van der Waals surface area (Å²) >= 11 is 0. The maximum Gasteiger partial charge on any atom is 0.262 e. The van der Waals surface area contributed by atoms with Gasteiger partial charge in [0.25, 0.3) is 23.6 Å². The second kappa shape index (κ2) is 38.2. The quantitative estimate of drug-likeness (QED) is 0.0219. The van der Waals surface area contributed by atoms with E-state index in [0.717, 1.165) is 88.6 Å². The van der Waals surface area contributed by atoms with E-state index in [2.05, 4.69) is 52.5 Å². The SMILES string of the molecule is O=C(COc1ccc2ccccc2c1-c1c2nc(c(-c3c(OCC(=O)Nc4ccc(Nc5ccccc5)cc4)ccc4ccccc34)c3ccc([nH]3)c(-c3c(OCC(=O)Nc4ccc(Nc5ccccc5)cc4)ccc4ccccc34)c3nc(c(-c4c(OCC(=O)Nc5ccc(Nc6ccccc6)cc5)ccc5ccccc45)c4ccc1[nH]4)C=C3)C=C2)Nc1ccc(Nc2ccccc2)cc1. The Morgan fingerprint density at radius 2 is 0.390 bits per heavy atom. The molecular weight excluding hydrogens is 1690 g/mol. The van der Waals surface area contributed by atoms with E-state index >= 15 is 0 Å². The van der Waals surface area contributed by atoms with Crippen molar-refractivity contribution in [2.24, 2.45) is 0 Å². The average molecular weight is 1780 g/mol. The van der Waals surface area contributed by atoms with Crippen LogP contribution in [0.4, 0.5) is 68.2 Å². The van der Waals surface area contributed by atoms with E-state index in [-0.39, 0.29) is 26.4 Å². The molecule has 4 amide bonds. The fourth-order valence-corrected chi connectivity index (χ4v) is 17.4. The van der Waals surface area contributed by atoms with Crippen LogP contribution in [0.1, 0.15) is 22.8 Å². The number of para-hydroxylation sites is 4. The van der Waals surface area contributed by atoms with Gasteiger partial charge in [-0.2, -0.15) is 0 Å². The number of nitrogens with one attached hydrogen (secondary N) is 10. The average Bonchev–Trinajstić information content (AvgIpc) is 1.57. The molecule has 136 heavy (non-hydrogen) atoms. The molecule has 0 spiro atoms. The third-order valence-corrected chi connectivity index (χ3v) is 23.7. The molecule has 2 aliphatic rings. The summed E-state index contributed by atoms with van der Waals surface area (Å²) in [4.78, 5) is 78.1. The zero-order chi connectivity index (χ0) is 91.6. The van der Waals surface area contributed by atoms with Crippen molar-refractivity contribution in [2.45, 2.75) is 0 Å². The summed E-state index contributed by atoms with van der Waals surface area (Å²) in [5.41, 5.74) is 18.4. The van der Waals surface area contributed by atoms with Crippen molar-refractivity contribution in [1.29, 1.82) is 0 Å². The number of ether oxygens (including phenoxy) is 4. The topological polar surface area (TPSA) is 259 Å². The van der Waals surface area contributed by atoms with Gasteiger partial charge in [-0.05, 0) is 262 Å². The van der Waals surface area contributed by atoms with E-state index in [9.17, 15) is 19.2 Å². The molecular formula is C116H86N12O8. The van der Waals surface area contributed by atoms with Gasteiger partial charge in [0.2, 0.25) is 0 Å². The van der Waals surface area contributed by atoms with Crippen molar-refractivity contribution in [1.82, 2.24) is 19.9 Å². The number of carbonyl (C=O) groups is 4. The first-order chi connectivity index (χ1) is 67.0. The van der Waals surface area contributed by atoms with Gasteiger partial charge in [0.05, 0.1) is 22.8 Å². The Bertz CT molecular complexity index is 7100. The highest BCUT2D eigenvalue weighted by molar-refractivity contribution is 6.14. The van der Waals surface area contributed by atoms with Gasteiger partial charge in [0, 0.05) is 135 Å². The maximum atomic E-state index is 14.6. The molecule has 0 atom stereocenters. The molecule has 10 N–H and O–H groups in total. The molecule has 16 aromatic carbocycles. The number of benzene rings is 16. The van der Waals surface area contributed by atoms with Crippen molar-refractivity contribution < 1.29 is 38.1 Å². The summed E-state index contributed by atoms with van der Waals surface area (Å²) in [6.07, 6.45) is 7.94. The molecule has 0 saturated heterocycles. The molecule has 0 fully saturated rings. The van der Waals surface area contributed by atoms with Crippen LogP contribution in [0.3, 0.4) is 0 Å². The third kappa shape index (κ3) is 18.6. The highest BCUT2D eigenvalue weighted by atomic mass is 16.5. The van der Waals surface area contributed by atoms with Crippen LogP contribution in [0.25, 0.3) is 134 Å². The normalized spacial score (nSPS) is 11.4. The number of nitrogens with zero attached hydrogens (tertiary/aromatic N) is 2. The van der Waals surface area contributed by atoms with Gasteiger partial charge in [-0.3, -0.25) is 19.2 Å². The predicted octanol–water partition coefficient (Wildman–Crippen LogP) is 27.0. The van der Waals surface area contributed by atoms with Crippen LogP contribution in [0.15, 0.2) is 388 Å². The lowest BCUT2D eigenvalue weighted by molar-refractivity contribution is -0.118. The first kappa shape index (κ1) is 84.3. The highest BCUT2D eigenvalue weighted by Gasteiger charge is 2.29. The summed E-state index contributed by atoms with van der Waals surface area (Å²) in [5.74, 6) is -0.104. The summed E-state index contributed by atoms with van der Waals surface area (Å²) in [7, 11) is 0. The number of carbonyl (C=O) groups excluding carboxylic acids is 4. The number of aromatic amines is 2. The second-order valence-electron chi connectivity index (χ2n) is 32.8. The van der Waals surface area contributed by atoms with Crippen molar-refractivity contribution in [3.05, 3.63) is 411 Å². The van der Waals surface area contributed by atoms with Crippen LogP contribution in [0, 0.1) is 0 Å². The highest BCUT2D eigenvalue weighted by Crippen LogP contribution is 2.50. The van der Waals surface area contributed by atoms with Crippen molar-refractivity contribution in [3.63, 3.8) is 0 Å².